The minimum atomic E-state index is -0.124. The smallest absolute Gasteiger partial charge is 0.251 e. The first kappa shape index (κ1) is 14.4. The summed E-state index contributed by atoms with van der Waals surface area (Å²) in [6.07, 6.45) is 4.34. The number of alkyl halides is 1. The molecule has 1 aromatic rings. The molecule has 0 aliphatic heterocycles. The van der Waals surface area contributed by atoms with Gasteiger partial charge in [-0.1, -0.05) is 22.9 Å². The number of phenols is 1. The van der Waals surface area contributed by atoms with Crippen molar-refractivity contribution in [2.75, 3.05) is 5.33 Å². The van der Waals surface area contributed by atoms with Gasteiger partial charge < -0.3 is 10.4 Å². The van der Waals surface area contributed by atoms with Gasteiger partial charge in [-0.05, 0) is 55.9 Å². The molecular weight excluding hydrogens is 306 g/mol. The average molecular weight is 326 g/mol. The molecule has 104 valence electrons. The second-order valence-corrected chi connectivity index (χ2v) is 6.16. The number of benzene rings is 1. The van der Waals surface area contributed by atoms with Gasteiger partial charge in [-0.15, -0.1) is 0 Å². The molecule has 0 bridgehead atoms. The van der Waals surface area contributed by atoms with E-state index in [1.807, 2.05) is 0 Å². The average Bonchev–Trinajstić information content (AvgIpc) is 2.42. The maximum Gasteiger partial charge on any atom is 0.251 e. The lowest BCUT2D eigenvalue weighted by molar-refractivity contribution is 0.0874. The third kappa shape index (κ3) is 3.50. The zero-order chi connectivity index (χ0) is 13.9. The van der Waals surface area contributed by atoms with Crippen molar-refractivity contribution in [2.24, 2.45) is 5.92 Å². The van der Waals surface area contributed by atoms with Crippen LogP contribution in [-0.2, 0) is 0 Å². The highest BCUT2D eigenvalue weighted by molar-refractivity contribution is 9.09. The Morgan fingerprint density at radius 2 is 1.95 bits per heavy atom. The van der Waals surface area contributed by atoms with Crippen molar-refractivity contribution in [2.45, 2.75) is 38.1 Å². The number of carbonyl (C=O) groups excluding carboxylic acids is 1. The van der Waals surface area contributed by atoms with E-state index in [4.69, 9.17) is 0 Å². The molecule has 0 heterocycles. The number of hydrogen-bond donors (Lipinski definition) is 2. The number of aromatic hydroxyl groups is 1. The Bertz CT molecular complexity index is 436. The van der Waals surface area contributed by atoms with Crippen molar-refractivity contribution >= 4 is 21.8 Å². The lowest BCUT2D eigenvalue weighted by atomic mass is 9.78. The molecule has 2 rings (SSSR count). The van der Waals surface area contributed by atoms with E-state index in [9.17, 15) is 9.90 Å². The Morgan fingerprint density at radius 3 is 2.47 bits per heavy atom. The lowest BCUT2D eigenvalue weighted by Crippen LogP contribution is -2.52. The van der Waals surface area contributed by atoms with Crippen LogP contribution in [-0.4, -0.2) is 21.9 Å². The van der Waals surface area contributed by atoms with Gasteiger partial charge in [0.2, 0.25) is 0 Å². The first-order valence-corrected chi connectivity index (χ1v) is 7.84. The molecule has 1 aromatic carbocycles. The first-order chi connectivity index (χ1) is 9.04. The summed E-state index contributed by atoms with van der Waals surface area (Å²) in [4.78, 5) is 12.3. The van der Waals surface area contributed by atoms with Crippen molar-refractivity contribution in [1.29, 1.82) is 0 Å². The summed E-state index contributed by atoms with van der Waals surface area (Å²) in [5, 5.41) is 13.2. The maximum absolute atomic E-state index is 12.3. The topological polar surface area (TPSA) is 49.3 Å². The Kier molecular flexibility index (Phi) is 4.50. The van der Waals surface area contributed by atoms with E-state index in [1.54, 1.807) is 24.3 Å². The highest BCUT2D eigenvalue weighted by Crippen LogP contribution is 2.33. The van der Waals surface area contributed by atoms with Gasteiger partial charge in [-0.2, -0.15) is 0 Å². The summed E-state index contributed by atoms with van der Waals surface area (Å²) >= 11 is 3.55. The number of amides is 1. The van der Waals surface area contributed by atoms with Crippen molar-refractivity contribution in [3.05, 3.63) is 29.8 Å². The molecule has 0 unspecified atom stereocenters. The van der Waals surface area contributed by atoms with Gasteiger partial charge in [0.05, 0.1) is 5.54 Å². The molecule has 0 atom stereocenters. The Hall–Kier alpha value is -1.03. The highest BCUT2D eigenvalue weighted by Gasteiger charge is 2.34. The second-order valence-electron chi connectivity index (χ2n) is 5.60. The SMILES string of the molecule is CC1CCC(CBr)(NC(=O)c2ccc(O)cc2)CC1. The monoisotopic (exact) mass is 325 g/mol. The summed E-state index contributed by atoms with van der Waals surface area (Å²) < 4.78 is 0. The van der Waals surface area contributed by atoms with Crippen LogP contribution in [0, 0.1) is 5.92 Å². The number of phenolic OH excluding ortho intramolecular Hbond substituents is 1. The minimum absolute atomic E-state index is 0.0611. The normalized spacial score (nSPS) is 26.9. The van der Waals surface area contributed by atoms with Gasteiger partial charge in [0.1, 0.15) is 5.75 Å². The number of halogens is 1. The Morgan fingerprint density at radius 1 is 1.37 bits per heavy atom. The molecule has 1 aliphatic rings. The second kappa shape index (κ2) is 5.95. The number of carbonyl (C=O) groups is 1. The Balaban J connectivity index is 2.06. The van der Waals surface area contributed by atoms with E-state index in [0.29, 0.717) is 5.56 Å². The van der Waals surface area contributed by atoms with Gasteiger partial charge in [0.15, 0.2) is 0 Å². The summed E-state index contributed by atoms with van der Waals surface area (Å²) in [5.41, 5.74) is 0.471. The van der Waals surface area contributed by atoms with Crippen molar-refractivity contribution in [3.63, 3.8) is 0 Å². The molecule has 0 saturated heterocycles. The van der Waals surface area contributed by atoms with E-state index in [1.165, 1.54) is 0 Å². The van der Waals surface area contributed by atoms with Gasteiger partial charge in [-0.25, -0.2) is 0 Å². The fraction of sp³-hybridized carbons (Fsp3) is 0.533. The van der Waals surface area contributed by atoms with E-state index in [2.05, 4.69) is 28.2 Å². The van der Waals surface area contributed by atoms with Crippen LogP contribution in [0.4, 0.5) is 0 Å². The molecule has 2 N–H and O–H groups in total. The molecule has 1 fully saturated rings. The largest absolute Gasteiger partial charge is 0.508 e. The van der Waals surface area contributed by atoms with E-state index in [0.717, 1.165) is 36.9 Å². The van der Waals surface area contributed by atoms with Crippen molar-refractivity contribution in [3.8, 4) is 5.75 Å². The van der Waals surface area contributed by atoms with E-state index >= 15 is 0 Å². The summed E-state index contributed by atoms with van der Waals surface area (Å²) in [5.74, 6) is 0.866. The van der Waals surface area contributed by atoms with Gasteiger partial charge in [0, 0.05) is 10.9 Å². The highest BCUT2D eigenvalue weighted by atomic mass is 79.9. The zero-order valence-electron chi connectivity index (χ0n) is 11.2. The third-order valence-corrected chi connectivity index (χ3v) is 5.07. The number of hydrogen-bond acceptors (Lipinski definition) is 2. The van der Waals surface area contributed by atoms with Crippen LogP contribution < -0.4 is 5.32 Å². The number of rotatable bonds is 3. The minimum Gasteiger partial charge on any atom is -0.508 e. The van der Waals surface area contributed by atoms with Crippen LogP contribution in [0.25, 0.3) is 0 Å². The van der Waals surface area contributed by atoms with Gasteiger partial charge in [-0.3, -0.25) is 4.79 Å². The zero-order valence-corrected chi connectivity index (χ0v) is 12.7. The predicted molar refractivity (Wildman–Crippen MR) is 79.7 cm³/mol. The summed E-state index contributed by atoms with van der Waals surface area (Å²) in [6.45, 7) is 2.26. The molecule has 1 aliphatic carbocycles. The fourth-order valence-corrected chi connectivity index (χ4v) is 3.23. The quantitative estimate of drug-likeness (QED) is 0.836. The molecule has 1 amide bonds. The number of nitrogens with one attached hydrogen (secondary N) is 1. The summed E-state index contributed by atoms with van der Waals surface area (Å²) in [6, 6.07) is 6.38. The van der Waals surface area contributed by atoms with E-state index < -0.39 is 0 Å². The predicted octanol–water partition coefficient (Wildman–Crippen LogP) is 3.47. The van der Waals surface area contributed by atoms with Crippen LogP contribution in [0.3, 0.4) is 0 Å². The molecule has 4 heteroatoms. The molecule has 1 saturated carbocycles. The van der Waals surface area contributed by atoms with Crippen LogP contribution in [0.15, 0.2) is 24.3 Å². The molecule has 0 spiro atoms. The lowest BCUT2D eigenvalue weighted by Gasteiger charge is -2.39. The molecule has 19 heavy (non-hydrogen) atoms. The van der Waals surface area contributed by atoms with Crippen LogP contribution in [0.2, 0.25) is 0 Å². The molecular formula is C15H20BrNO2. The van der Waals surface area contributed by atoms with Crippen molar-refractivity contribution in [1.82, 2.24) is 5.32 Å². The molecule has 0 radical (unpaired) electrons. The third-order valence-electron chi connectivity index (χ3n) is 4.00. The van der Waals surface area contributed by atoms with Crippen LogP contribution in [0.5, 0.6) is 5.75 Å². The fourth-order valence-electron chi connectivity index (χ4n) is 2.53. The maximum atomic E-state index is 12.3. The van der Waals surface area contributed by atoms with Gasteiger partial charge in [0.25, 0.3) is 5.91 Å². The standard InChI is InChI=1S/C15H20BrNO2/c1-11-6-8-15(10-16,9-7-11)17-14(19)12-2-4-13(18)5-3-12/h2-5,11,18H,6-10H2,1H3,(H,17,19). The Labute approximate surface area is 122 Å². The van der Waals surface area contributed by atoms with Crippen LogP contribution >= 0.6 is 15.9 Å². The summed E-state index contributed by atoms with van der Waals surface area (Å²) in [7, 11) is 0. The molecule has 3 nitrogen and oxygen atoms in total. The van der Waals surface area contributed by atoms with Crippen molar-refractivity contribution < 1.29 is 9.90 Å². The first-order valence-electron chi connectivity index (χ1n) is 6.72. The molecule has 0 aromatic heterocycles. The van der Waals surface area contributed by atoms with Crippen LogP contribution in [0.1, 0.15) is 43.0 Å². The van der Waals surface area contributed by atoms with Gasteiger partial charge >= 0.3 is 0 Å². The van der Waals surface area contributed by atoms with E-state index in [-0.39, 0.29) is 17.2 Å².